The van der Waals surface area contributed by atoms with E-state index in [0.29, 0.717) is 36.9 Å². The third-order valence-electron chi connectivity index (χ3n) is 4.51. The Bertz CT molecular complexity index is 1020. The van der Waals surface area contributed by atoms with Crippen molar-refractivity contribution in [1.82, 2.24) is 5.32 Å². The van der Waals surface area contributed by atoms with E-state index in [4.69, 9.17) is 6.42 Å². The van der Waals surface area contributed by atoms with Gasteiger partial charge in [0.1, 0.15) is 0 Å². The zero-order valence-corrected chi connectivity index (χ0v) is 16.2. The SMILES string of the molecule is C#CCCC1(CCNC(=O)c2cccc(CS(=O)(=O)c3ccccc3)c2)N=N1. The standard InChI is InChI=1S/C21H21N3O3S/c1-2-3-12-21(23-24-21)13-14-22-20(25)18-9-7-8-17(15-18)16-28(26,27)19-10-5-4-6-11-19/h1,4-11,15H,3,12-14,16H2,(H,22,25). The molecule has 0 saturated carbocycles. The van der Waals surface area contributed by atoms with Crippen molar-refractivity contribution in [3.63, 3.8) is 0 Å². The van der Waals surface area contributed by atoms with Gasteiger partial charge in [0.05, 0.1) is 10.6 Å². The van der Waals surface area contributed by atoms with Gasteiger partial charge in [0.25, 0.3) is 5.91 Å². The molecule has 0 aliphatic carbocycles. The van der Waals surface area contributed by atoms with E-state index in [9.17, 15) is 13.2 Å². The van der Waals surface area contributed by atoms with Crippen LogP contribution in [0.4, 0.5) is 0 Å². The number of hydrogen-bond acceptors (Lipinski definition) is 5. The highest BCUT2D eigenvalue weighted by atomic mass is 32.2. The highest BCUT2D eigenvalue weighted by Gasteiger charge is 2.38. The van der Waals surface area contributed by atoms with E-state index in [2.05, 4.69) is 21.5 Å². The first-order chi connectivity index (χ1) is 13.4. The van der Waals surface area contributed by atoms with Crippen LogP contribution in [0.1, 0.15) is 35.2 Å². The zero-order chi connectivity index (χ0) is 20.0. The third-order valence-corrected chi connectivity index (χ3v) is 6.22. The number of rotatable bonds is 9. The molecule has 1 aliphatic rings. The summed E-state index contributed by atoms with van der Waals surface area (Å²) >= 11 is 0. The van der Waals surface area contributed by atoms with E-state index in [1.54, 1.807) is 54.6 Å². The summed E-state index contributed by atoms with van der Waals surface area (Å²) in [5, 5.41) is 10.9. The summed E-state index contributed by atoms with van der Waals surface area (Å²) in [6, 6.07) is 14.9. The number of nitrogens with one attached hydrogen (secondary N) is 1. The molecule has 1 amide bonds. The number of carbonyl (C=O) groups is 1. The molecular formula is C21H21N3O3S. The summed E-state index contributed by atoms with van der Waals surface area (Å²) in [5.74, 6) is 2.15. The molecule has 6 nitrogen and oxygen atoms in total. The molecule has 7 heteroatoms. The second-order valence-corrected chi connectivity index (χ2v) is 8.65. The van der Waals surface area contributed by atoms with Crippen molar-refractivity contribution in [2.75, 3.05) is 6.54 Å². The Morgan fingerprint density at radius 3 is 2.50 bits per heavy atom. The summed E-state index contributed by atoms with van der Waals surface area (Å²) < 4.78 is 25.0. The first kappa shape index (κ1) is 19.8. The van der Waals surface area contributed by atoms with Crippen molar-refractivity contribution < 1.29 is 13.2 Å². The van der Waals surface area contributed by atoms with Crippen LogP contribution in [0.3, 0.4) is 0 Å². The first-order valence-corrected chi connectivity index (χ1v) is 10.6. The average Bonchev–Trinajstić information content (AvgIpc) is 3.47. The summed E-state index contributed by atoms with van der Waals surface area (Å²) in [5.41, 5.74) is 0.544. The normalized spacial score (nSPS) is 14.2. The molecule has 2 aromatic carbocycles. The van der Waals surface area contributed by atoms with Gasteiger partial charge in [0.15, 0.2) is 15.5 Å². The smallest absolute Gasteiger partial charge is 0.251 e. The van der Waals surface area contributed by atoms with Gasteiger partial charge in [-0.15, -0.1) is 12.3 Å². The minimum Gasteiger partial charge on any atom is -0.352 e. The molecule has 0 unspecified atom stereocenters. The molecule has 0 spiro atoms. The minimum absolute atomic E-state index is 0.162. The van der Waals surface area contributed by atoms with Gasteiger partial charge < -0.3 is 5.32 Å². The molecule has 144 valence electrons. The summed E-state index contributed by atoms with van der Waals surface area (Å²) in [6.07, 6.45) is 7.15. The number of terminal acetylenes is 1. The van der Waals surface area contributed by atoms with Gasteiger partial charge in [-0.05, 0) is 29.8 Å². The Hall–Kier alpha value is -2.98. The van der Waals surface area contributed by atoms with Gasteiger partial charge in [0.2, 0.25) is 0 Å². The monoisotopic (exact) mass is 395 g/mol. The molecule has 0 bridgehead atoms. The molecule has 1 aliphatic heterocycles. The second kappa shape index (κ2) is 8.36. The lowest BCUT2D eigenvalue weighted by molar-refractivity contribution is 0.0951. The van der Waals surface area contributed by atoms with Crippen LogP contribution in [0.5, 0.6) is 0 Å². The molecular weight excluding hydrogens is 374 g/mol. The maximum atomic E-state index is 12.5. The van der Waals surface area contributed by atoms with Crippen LogP contribution >= 0.6 is 0 Å². The van der Waals surface area contributed by atoms with E-state index >= 15 is 0 Å². The first-order valence-electron chi connectivity index (χ1n) is 8.97. The average molecular weight is 395 g/mol. The lowest BCUT2D eigenvalue weighted by Crippen LogP contribution is -2.28. The fourth-order valence-corrected chi connectivity index (χ4v) is 4.24. The lowest BCUT2D eigenvalue weighted by Gasteiger charge is -2.11. The Balaban J connectivity index is 1.58. The maximum absolute atomic E-state index is 12.5. The fraction of sp³-hybridized carbons (Fsp3) is 0.286. The van der Waals surface area contributed by atoms with Gasteiger partial charge in [-0.3, -0.25) is 4.79 Å². The van der Waals surface area contributed by atoms with Crippen molar-refractivity contribution in [3.05, 3.63) is 65.7 Å². The predicted octanol–water partition coefficient (Wildman–Crippen LogP) is 3.36. The number of amides is 1. The Kier molecular flexibility index (Phi) is 5.90. The van der Waals surface area contributed by atoms with Crippen LogP contribution in [0, 0.1) is 12.3 Å². The largest absolute Gasteiger partial charge is 0.352 e. The Morgan fingerprint density at radius 1 is 1.07 bits per heavy atom. The number of benzene rings is 2. The van der Waals surface area contributed by atoms with Crippen LogP contribution in [0.2, 0.25) is 0 Å². The molecule has 0 atom stereocenters. The summed E-state index contributed by atoms with van der Waals surface area (Å²) in [7, 11) is -3.47. The quantitative estimate of drug-likeness (QED) is 0.661. The Morgan fingerprint density at radius 2 is 1.82 bits per heavy atom. The third kappa shape index (κ3) is 5.05. The van der Waals surface area contributed by atoms with Crippen molar-refractivity contribution in [3.8, 4) is 12.3 Å². The molecule has 1 N–H and O–H groups in total. The van der Waals surface area contributed by atoms with Gasteiger partial charge in [-0.2, -0.15) is 10.2 Å². The highest BCUT2D eigenvalue weighted by Crippen LogP contribution is 2.36. The van der Waals surface area contributed by atoms with E-state index in [-0.39, 0.29) is 16.6 Å². The molecule has 3 rings (SSSR count). The summed E-state index contributed by atoms with van der Waals surface area (Å²) in [6.45, 7) is 0.420. The minimum atomic E-state index is -3.47. The number of nitrogens with zero attached hydrogens (tertiary/aromatic N) is 2. The van der Waals surface area contributed by atoms with Gasteiger partial charge in [-0.25, -0.2) is 8.42 Å². The summed E-state index contributed by atoms with van der Waals surface area (Å²) in [4.78, 5) is 12.7. The van der Waals surface area contributed by atoms with Crippen LogP contribution in [-0.2, 0) is 15.6 Å². The van der Waals surface area contributed by atoms with Gasteiger partial charge in [0, 0.05) is 31.4 Å². The molecule has 1 heterocycles. The molecule has 0 saturated heterocycles. The molecule has 0 aromatic heterocycles. The van der Waals surface area contributed by atoms with Crippen LogP contribution in [0.15, 0.2) is 69.7 Å². The van der Waals surface area contributed by atoms with Crippen molar-refractivity contribution in [2.45, 2.75) is 35.6 Å². The van der Waals surface area contributed by atoms with E-state index in [0.717, 1.165) is 0 Å². The highest BCUT2D eigenvalue weighted by molar-refractivity contribution is 7.90. The van der Waals surface area contributed by atoms with Crippen LogP contribution in [0.25, 0.3) is 0 Å². The molecule has 0 fully saturated rings. The second-order valence-electron chi connectivity index (χ2n) is 6.66. The number of carbonyl (C=O) groups excluding carboxylic acids is 1. The van der Waals surface area contributed by atoms with E-state index in [1.807, 2.05) is 0 Å². The predicted molar refractivity (Wildman–Crippen MR) is 106 cm³/mol. The van der Waals surface area contributed by atoms with Crippen molar-refractivity contribution in [1.29, 1.82) is 0 Å². The van der Waals surface area contributed by atoms with Gasteiger partial charge >= 0.3 is 0 Å². The van der Waals surface area contributed by atoms with Crippen molar-refractivity contribution >= 4 is 15.7 Å². The maximum Gasteiger partial charge on any atom is 0.251 e. The van der Waals surface area contributed by atoms with Gasteiger partial charge in [-0.1, -0.05) is 30.3 Å². The molecule has 0 radical (unpaired) electrons. The van der Waals surface area contributed by atoms with Crippen molar-refractivity contribution in [2.24, 2.45) is 10.2 Å². The topological polar surface area (TPSA) is 88.0 Å². The zero-order valence-electron chi connectivity index (χ0n) is 15.3. The number of sulfone groups is 1. The lowest BCUT2D eigenvalue weighted by atomic mass is 10.0. The van der Waals surface area contributed by atoms with Crippen LogP contribution < -0.4 is 5.32 Å². The fourth-order valence-electron chi connectivity index (χ4n) is 2.88. The molecule has 28 heavy (non-hydrogen) atoms. The van der Waals surface area contributed by atoms with E-state index in [1.165, 1.54) is 0 Å². The van der Waals surface area contributed by atoms with Crippen LogP contribution in [-0.4, -0.2) is 26.5 Å². The van der Waals surface area contributed by atoms with E-state index < -0.39 is 15.5 Å². The molecule has 2 aromatic rings. The Labute approximate surface area is 165 Å². The number of hydrogen-bond donors (Lipinski definition) is 1.